The third kappa shape index (κ3) is 4.94. The molecule has 0 radical (unpaired) electrons. The maximum atomic E-state index is 12.5. The second-order valence-corrected chi connectivity index (χ2v) is 8.63. The molecule has 0 spiro atoms. The van der Waals surface area contributed by atoms with Gasteiger partial charge in [-0.15, -0.1) is 11.3 Å². The Bertz CT molecular complexity index is 1230. The molecule has 9 heteroatoms. The SMILES string of the molecule is CCCCc1sc(C(=O)NCCNc2nccc3ccc(-c4noc(C)n4)cc23)nc1C. The molecule has 0 saturated carbocycles. The van der Waals surface area contributed by atoms with Gasteiger partial charge < -0.3 is 15.2 Å². The van der Waals surface area contributed by atoms with Crippen molar-refractivity contribution in [3.63, 3.8) is 0 Å². The van der Waals surface area contributed by atoms with Gasteiger partial charge in [0.25, 0.3) is 5.91 Å². The molecule has 0 aliphatic heterocycles. The molecule has 0 bridgehead atoms. The lowest BCUT2D eigenvalue weighted by Gasteiger charge is -2.10. The molecule has 8 nitrogen and oxygen atoms in total. The Morgan fingerprint density at radius 2 is 2.03 bits per heavy atom. The van der Waals surface area contributed by atoms with Crippen LogP contribution in [-0.4, -0.2) is 39.1 Å². The van der Waals surface area contributed by atoms with E-state index in [0.717, 1.165) is 47.1 Å². The number of hydrogen-bond acceptors (Lipinski definition) is 8. The topological polar surface area (TPSA) is 106 Å². The zero-order chi connectivity index (χ0) is 22.5. The van der Waals surface area contributed by atoms with Gasteiger partial charge in [0.15, 0.2) is 5.01 Å². The summed E-state index contributed by atoms with van der Waals surface area (Å²) in [6.07, 6.45) is 4.98. The van der Waals surface area contributed by atoms with Crippen molar-refractivity contribution < 1.29 is 9.32 Å². The number of aryl methyl sites for hydroxylation is 3. The van der Waals surface area contributed by atoms with Crippen LogP contribution in [-0.2, 0) is 6.42 Å². The number of nitrogens with zero attached hydrogens (tertiary/aromatic N) is 4. The Kier molecular flexibility index (Phi) is 6.75. The Hall–Kier alpha value is -3.33. The van der Waals surface area contributed by atoms with Gasteiger partial charge in [-0.05, 0) is 37.3 Å². The molecule has 0 aliphatic rings. The second kappa shape index (κ2) is 9.86. The molecule has 2 N–H and O–H groups in total. The minimum absolute atomic E-state index is 0.136. The van der Waals surface area contributed by atoms with Gasteiger partial charge in [0.1, 0.15) is 5.82 Å². The number of unbranched alkanes of at least 4 members (excludes halogenated alkanes) is 1. The normalized spacial score (nSPS) is 11.1. The lowest BCUT2D eigenvalue weighted by molar-refractivity contribution is 0.0954. The van der Waals surface area contributed by atoms with Crippen molar-refractivity contribution in [3.8, 4) is 11.4 Å². The van der Waals surface area contributed by atoms with Crippen LogP contribution in [0.15, 0.2) is 35.0 Å². The van der Waals surface area contributed by atoms with Crippen LogP contribution in [0.3, 0.4) is 0 Å². The zero-order valence-electron chi connectivity index (χ0n) is 18.4. The maximum Gasteiger partial charge on any atom is 0.280 e. The molecular formula is C23H26N6O2S. The van der Waals surface area contributed by atoms with E-state index in [9.17, 15) is 4.79 Å². The summed E-state index contributed by atoms with van der Waals surface area (Å²) in [5, 5.41) is 12.8. The Morgan fingerprint density at radius 3 is 2.81 bits per heavy atom. The smallest absolute Gasteiger partial charge is 0.280 e. The summed E-state index contributed by atoms with van der Waals surface area (Å²) in [6, 6.07) is 7.91. The quantitative estimate of drug-likeness (QED) is 0.361. The Morgan fingerprint density at radius 1 is 1.16 bits per heavy atom. The van der Waals surface area contributed by atoms with Crippen molar-refractivity contribution in [1.29, 1.82) is 0 Å². The van der Waals surface area contributed by atoms with Gasteiger partial charge in [-0.2, -0.15) is 4.98 Å². The largest absolute Gasteiger partial charge is 0.368 e. The summed E-state index contributed by atoms with van der Waals surface area (Å²) in [5.41, 5.74) is 1.82. The van der Waals surface area contributed by atoms with Crippen LogP contribution in [0.1, 0.15) is 46.0 Å². The number of aromatic nitrogens is 4. The summed E-state index contributed by atoms with van der Waals surface area (Å²) >= 11 is 1.49. The monoisotopic (exact) mass is 450 g/mol. The van der Waals surface area contributed by atoms with Crippen LogP contribution in [0.25, 0.3) is 22.2 Å². The molecule has 3 aromatic heterocycles. The fraction of sp³-hybridized carbons (Fsp3) is 0.348. The van der Waals surface area contributed by atoms with Crippen LogP contribution in [0.5, 0.6) is 0 Å². The molecule has 0 aliphatic carbocycles. The van der Waals surface area contributed by atoms with E-state index in [4.69, 9.17) is 4.52 Å². The summed E-state index contributed by atoms with van der Waals surface area (Å²) in [5.74, 6) is 1.67. The number of hydrogen-bond donors (Lipinski definition) is 2. The number of fused-ring (bicyclic) bond motifs is 1. The summed E-state index contributed by atoms with van der Waals surface area (Å²) < 4.78 is 5.09. The molecule has 32 heavy (non-hydrogen) atoms. The molecular weight excluding hydrogens is 424 g/mol. The number of amides is 1. The average Bonchev–Trinajstić information content (AvgIpc) is 3.40. The van der Waals surface area contributed by atoms with Crippen LogP contribution in [0.2, 0.25) is 0 Å². The maximum absolute atomic E-state index is 12.5. The van der Waals surface area contributed by atoms with Gasteiger partial charge >= 0.3 is 0 Å². The van der Waals surface area contributed by atoms with E-state index in [-0.39, 0.29) is 5.91 Å². The van der Waals surface area contributed by atoms with Gasteiger partial charge in [-0.25, -0.2) is 9.97 Å². The highest BCUT2D eigenvalue weighted by Crippen LogP contribution is 2.26. The van der Waals surface area contributed by atoms with Crippen molar-refractivity contribution in [2.24, 2.45) is 0 Å². The predicted octanol–water partition coefficient (Wildman–Crippen LogP) is 4.54. The molecule has 0 saturated heterocycles. The Balaban J connectivity index is 1.38. The summed E-state index contributed by atoms with van der Waals surface area (Å²) in [7, 11) is 0. The van der Waals surface area contributed by atoms with E-state index in [1.807, 2.05) is 31.2 Å². The highest BCUT2D eigenvalue weighted by atomic mass is 32.1. The zero-order valence-corrected chi connectivity index (χ0v) is 19.3. The third-order valence-corrected chi connectivity index (χ3v) is 6.32. The Labute approximate surface area is 190 Å². The highest BCUT2D eigenvalue weighted by molar-refractivity contribution is 7.13. The van der Waals surface area contributed by atoms with Gasteiger partial charge in [-0.1, -0.05) is 30.6 Å². The van der Waals surface area contributed by atoms with Gasteiger partial charge in [-0.3, -0.25) is 4.79 Å². The van der Waals surface area contributed by atoms with E-state index in [0.29, 0.717) is 29.8 Å². The lowest BCUT2D eigenvalue weighted by atomic mass is 10.1. The number of carbonyl (C=O) groups is 1. The van der Waals surface area contributed by atoms with Gasteiger partial charge in [0.2, 0.25) is 11.7 Å². The second-order valence-electron chi connectivity index (χ2n) is 7.55. The standard InChI is InChI=1S/C23H26N6O2S/c1-4-5-6-19-14(2)27-23(32-19)22(30)26-12-11-25-21-18-13-17(20-28-15(3)31-29-20)8-7-16(18)9-10-24-21/h7-10,13H,4-6,11-12H2,1-3H3,(H,24,25)(H,26,30). The number of carbonyl (C=O) groups excluding carboxylic acids is 1. The summed E-state index contributed by atoms with van der Waals surface area (Å²) in [6.45, 7) is 6.89. The number of pyridine rings is 1. The van der Waals surface area contributed by atoms with Crippen molar-refractivity contribution in [2.75, 3.05) is 18.4 Å². The van der Waals surface area contributed by atoms with E-state index in [1.54, 1.807) is 13.1 Å². The predicted molar refractivity (Wildman–Crippen MR) is 126 cm³/mol. The fourth-order valence-corrected chi connectivity index (χ4v) is 4.41. The fourth-order valence-electron chi connectivity index (χ4n) is 3.39. The first-order chi connectivity index (χ1) is 15.5. The van der Waals surface area contributed by atoms with Crippen molar-refractivity contribution in [2.45, 2.75) is 40.0 Å². The number of benzene rings is 1. The molecule has 166 valence electrons. The molecule has 4 rings (SSSR count). The minimum atomic E-state index is -0.136. The third-order valence-electron chi connectivity index (χ3n) is 5.10. The number of anilines is 1. The molecule has 1 amide bonds. The van der Waals surface area contributed by atoms with Crippen LogP contribution in [0, 0.1) is 13.8 Å². The van der Waals surface area contributed by atoms with Gasteiger partial charge in [0.05, 0.1) is 5.69 Å². The number of nitrogens with one attached hydrogen (secondary N) is 2. The molecule has 4 aromatic rings. The first-order valence-electron chi connectivity index (χ1n) is 10.7. The van der Waals surface area contributed by atoms with E-state index >= 15 is 0 Å². The first-order valence-corrected chi connectivity index (χ1v) is 11.5. The molecule has 3 heterocycles. The van der Waals surface area contributed by atoms with Crippen molar-refractivity contribution in [1.82, 2.24) is 25.4 Å². The first kappa shape index (κ1) is 21.9. The number of thiazole rings is 1. The van der Waals surface area contributed by atoms with Gasteiger partial charge in [0, 0.05) is 42.0 Å². The van der Waals surface area contributed by atoms with E-state index in [1.165, 1.54) is 16.2 Å². The molecule has 0 atom stereocenters. The number of rotatable bonds is 9. The van der Waals surface area contributed by atoms with Crippen molar-refractivity contribution >= 4 is 33.8 Å². The lowest BCUT2D eigenvalue weighted by Crippen LogP contribution is -2.28. The van der Waals surface area contributed by atoms with Crippen LogP contribution in [0.4, 0.5) is 5.82 Å². The highest BCUT2D eigenvalue weighted by Gasteiger charge is 2.14. The average molecular weight is 451 g/mol. The molecule has 1 aromatic carbocycles. The van der Waals surface area contributed by atoms with Crippen LogP contribution >= 0.6 is 11.3 Å². The minimum Gasteiger partial charge on any atom is -0.368 e. The van der Waals surface area contributed by atoms with Crippen LogP contribution < -0.4 is 10.6 Å². The van der Waals surface area contributed by atoms with Crippen molar-refractivity contribution in [3.05, 3.63) is 51.9 Å². The molecule has 0 fully saturated rings. The van der Waals surface area contributed by atoms with E-state index in [2.05, 4.69) is 37.7 Å². The molecule has 0 unspecified atom stereocenters. The summed E-state index contributed by atoms with van der Waals surface area (Å²) in [4.78, 5) is 26.9. The van der Waals surface area contributed by atoms with E-state index < -0.39 is 0 Å².